The Morgan fingerprint density at radius 1 is 1.36 bits per heavy atom. The van der Waals surface area contributed by atoms with Crippen molar-refractivity contribution < 1.29 is 23.9 Å². The van der Waals surface area contributed by atoms with Crippen molar-refractivity contribution in [1.82, 2.24) is 4.90 Å². The van der Waals surface area contributed by atoms with E-state index >= 15 is 0 Å². The molecule has 0 aliphatic carbocycles. The Balaban J connectivity index is 2.04. The van der Waals surface area contributed by atoms with Crippen LogP contribution in [0.2, 0.25) is 0 Å². The van der Waals surface area contributed by atoms with Gasteiger partial charge >= 0.3 is 6.09 Å². The maximum atomic E-state index is 12.3. The first-order valence-electron chi connectivity index (χ1n) is 7.72. The van der Waals surface area contributed by atoms with Crippen molar-refractivity contribution in [3.05, 3.63) is 0 Å². The molecule has 2 saturated heterocycles. The molecule has 3 unspecified atom stereocenters. The topological polar surface area (TPSA) is 72.9 Å². The van der Waals surface area contributed by atoms with Crippen molar-refractivity contribution in [2.45, 2.75) is 70.3 Å². The summed E-state index contributed by atoms with van der Waals surface area (Å²) in [6.45, 7) is 3.74. The number of hydrogen-bond acceptors (Lipinski definition) is 5. The number of halogens is 1. The highest BCUT2D eigenvalue weighted by Gasteiger charge is 2.60. The maximum Gasteiger partial charge on any atom is 0.419 e. The van der Waals surface area contributed by atoms with E-state index < -0.39 is 29.9 Å². The Bertz CT molecular complexity index is 469. The van der Waals surface area contributed by atoms with E-state index in [4.69, 9.17) is 21.1 Å². The van der Waals surface area contributed by atoms with Gasteiger partial charge < -0.3 is 9.47 Å². The molecular weight excluding hydrogens is 310 g/mol. The van der Waals surface area contributed by atoms with Gasteiger partial charge in [-0.2, -0.15) is 0 Å². The van der Waals surface area contributed by atoms with Crippen molar-refractivity contribution in [2.24, 2.45) is 0 Å². The zero-order chi connectivity index (χ0) is 16.3. The molecule has 3 atom stereocenters. The number of Topliss-reactive ketones (excluding diaryl/α,β-unsaturated/α-hetero) is 1. The van der Waals surface area contributed by atoms with Crippen LogP contribution in [0.1, 0.15) is 52.4 Å². The maximum absolute atomic E-state index is 12.3. The molecule has 2 aliphatic rings. The Labute approximate surface area is 135 Å². The van der Waals surface area contributed by atoms with Gasteiger partial charge in [-0.1, -0.05) is 32.6 Å². The second kappa shape index (κ2) is 6.96. The fraction of sp³-hybridized carbons (Fsp3) is 0.800. The molecule has 6 nitrogen and oxygen atoms in total. The Morgan fingerprint density at radius 2 is 2.09 bits per heavy atom. The van der Waals surface area contributed by atoms with Crippen LogP contribution in [0.25, 0.3) is 0 Å². The number of ketones is 1. The number of ether oxygens (including phenoxy) is 2. The van der Waals surface area contributed by atoms with E-state index in [-0.39, 0.29) is 18.1 Å². The minimum Gasteiger partial charge on any atom is -0.416 e. The summed E-state index contributed by atoms with van der Waals surface area (Å²) < 4.78 is 10.8. The first-order chi connectivity index (χ1) is 10.4. The van der Waals surface area contributed by atoms with Gasteiger partial charge in [0.15, 0.2) is 5.78 Å². The molecule has 0 radical (unpaired) electrons. The molecule has 0 aromatic heterocycles. The molecule has 2 fully saturated rings. The fourth-order valence-electron chi connectivity index (χ4n) is 3.05. The lowest BCUT2D eigenvalue weighted by molar-refractivity contribution is -0.192. The number of fused-ring (bicyclic) bond motifs is 1. The van der Waals surface area contributed by atoms with Crippen LogP contribution < -0.4 is 0 Å². The summed E-state index contributed by atoms with van der Waals surface area (Å²) in [6.07, 6.45) is 2.58. The number of rotatable bonds is 6. The van der Waals surface area contributed by atoms with E-state index in [1.807, 2.05) is 0 Å². The highest BCUT2D eigenvalue weighted by Crippen LogP contribution is 2.40. The third-order valence-electron chi connectivity index (χ3n) is 4.27. The number of carbonyl (C=O) groups is 3. The molecule has 0 aromatic rings. The summed E-state index contributed by atoms with van der Waals surface area (Å²) in [4.78, 5) is 37.0. The number of imide groups is 1. The number of carbonyl (C=O) groups excluding carboxylic acids is 3. The predicted octanol–water partition coefficient (Wildman–Crippen LogP) is 2.62. The molecule has 2 amide bonds. The highest BCUT2D eigenvalue weighted by atomic mass is 35.5. The van der Waals surface area contributed by atoms with Crippen LogP contribution in [0.15, 0.2) is 0 Å². The summed E-state index contributed by atoms with van der Waals surface area (Å²) >= 11 is 5.53. The average molecular weight is 332 g/mol. The van der Waals surface area contributed by atoms with Gasteiger partial charge in [0, 0.05) is 6.42 Å². The third-order valence-corrected chi connectivity index (χ3v) is 4.50. The van der Waals surface area contributed by atoms with Crippen molar-refractivity contribution >= 4 is 29.4 Å². The van der Waals surface area contributed by atoms with Crippen LogP contribution in [0, 0.1) is 0 Å². The number of hydrogen-bond donors (Lipinski definition) is 0. The highest BCUT2D eigenvalue weighted by molar-refractivity contribution is 6.28. The van der Waals surface area contributed by atoms with E-state index in [9.17, 15) is 14.4 Å². The van der Waals surface area contributed by atoms with Gasteiger partial charge in [-0.05, 0) is 13.3 Å². The van der Waals surface area contributed by atoms with Crippen molar-refractivity contribution in [1.29, 1.82) is 0 Å². The zero-order valence-electron chi connectivity index (χ0n) is 13.0. The van der Waals surface area contributed by atoms with Crippen LogP contribution in [0.4, 0.5) is 4.79 Å². The van der Waals surface area contributed by atoms with Gasteiger partial charge in [-0.25, -0.2) is 9.69 Å². The first kappa shape index (κ1) is 17.2. The number of unbranched alkanes of at least 4 members (excludes halogenated alkanes) is 3. The zero-order valence-corrected chi connectivity index (χ0v) is 13.7. The Morgan fingerprint density at radius 3 is 2.73 bits per heavy atom. The molecule has 2 rings (SSSR count). The van der Waals surface area contributed by atoms with E-state index in [0.29, 0.717) is 6.42 Å². The minimum absolute atomic E-state index is 0.0461. The predicted molar refractivity (Wildman–Crippen MR) is 79.5 cm³/mol. The van der Waals surface area contributed by atoms with E-state index in [1.165, 1.54) is 0 Å². The largest absolute Gasteiger partial charge is 0.419 e. The van der Waals surface area contributed by atoms with Crippen molar-refractivity contribution in [3.8, 4) is 0 Å². The number of amides is 2. The summed E-state index contributed by atoms with van der Waals surface area (Å²) in [5.74, 6) is -1.01. The second-order valence-corrected chi connectivity index (χ2v) is 6.32. The summed E-state index contributed by atoms with van der Waals surface area (Å²) in [6, 6.07) is 0. The van der Waals surface area contributed by atoms with Gasteiger partial charge in [-0.3, -0.25) is 9.59 Å². The second-order valence-electron chi connectivity index (χ2n) is 6.05. The molecule has 2 aliphatic heterocycles. The fourth-order valence-corrected chi connectivity index (χ4v) is 3.17. The van der Waals surface area contributed by atoms with Crippen LogP contribution >= 0.6 is 11.6 Å². The van der Waals surface area contributed by atoms with Gasteiger partial charge in [0.1, 0.15) is 17.5 Å². The molecule has 2 heterocycles. The van der Waals surface area contributed by atoms with Gasteiger partial charge in [0.25, 0.3) is 0 Å². The Kier molecular flexibility index (Phi) is 5.45. The molecule has 0 N–H and O–H groups in total. The van der Waals surface area contributed by atoms with Crippen molar-refractivity contribution in [2.75, 3.05) is 5.88 Å². The molecule has 0 spiro atoms. The molecule has 0 aromatic carbocycles. The smallest absolute Gasteiger partial charge is 0.416 e. The van der Waals surface area contributed by atoms with Gasteiger partial charge in [0.05, 0.1) is 0 Å². The van der Waals surface area contributed by atoms with E-state index in [0.717, 1.165) is 30.6 Å². The molecule has 0 saturated carbocycles. The first-order valence-corrected chi connectivity index (χ1v) is 8.25. The van der Waals surface area contributed by atoms with Crippen LogP contribution in [-0.4, -0.2) is 46.5 Å². The van der Waals surface area contributed by atoms with Crippen LogP contribution in [0.5, 0.6) is 0 Å². The summed E-state index contributed by atoms with van der Waals surface area (Å²) in [5, 5.41) is 0. The third kappa shape index (κ3) is 3.13. The number of alkyl halides is 1. The van der Waals surface area contributed by atoms with E-state index in [2.05, 4.69) is 6.92 Å². The normalized spacial score (nSPS) is 31.1. The summed E-state index contributed by atoms with van der Waals surface area (Å²) in [5.41, 5.74) is -1.10. The monoisotopic (exact) mass is 331 g/mol. The lowest BCUT2D eigenvalue weighted by Gasteiger charge is -2.39. The standard InChI is InChI=1S/C15H22ClNO5/c1-3-4-5-6-7-11-10(18)8-15(2)13(21-11)22-14(20)17(15)12(19)9-16/h11,13H,3-9H2,1-2H3. The SMILES string of the molecule is CCCCCCC1OC2OC(=O)N(C(=O)CCl)C2(C)CC1=O. The van der Waals surface area contributed by atoms with Crippen LogP contribution in [-0.2, 0) is 19.1 Å². The molecular formula is C15H22ClNO5. The van der Waals surface area contributed by atoms with Gasteiger partial charge in [0.2, 0.25) is 12.2 Å². The number of nitrogens with zero attached hydrogens (tertiary/aromatic N) is 1. The minimum atomic E-state index is -1.10. The average Bonchev–Trinajstić information content (AvgIpc) is 2.72. The summed E-state index contributed by atoms with van der Waals surface area (Å²) in [7, 11) is 0. The van der Waals surface area contributed by atoms with E-state index in [1.54, 1.807) is 6.92 Å². The quantitative estimate of drug-likeness (QED) is 0.552. The Hall–Kier alpha value is -1.14. The lowest BCUT2D eigenvalue weighted by atomic mass is 9.87. The molecule has 124 valence electrons. The molecule has 22 heavy (non-hydrogen) atoms. The lowest BCUT2D eigenvalue weighted by Crippen LogP contribution is -2.58. The van der Waals surface area contributed by atoms with Crippen LogP contribution in [0.3, 0.4) is 0 Å². The molecule has 7 heteroatoms. The van der Waals surface area contributed by atoms with Gasteiger partial charge in [-0.15, -0.1) is 11.6 Å². The van der Waals surface area contributed by atoms with Crippen molar-refractivity contribution in [3.63, 3.8) is 0 Å². The molecule has 0 bridgehead atoms.